The van der Waals surface area contributed by atoms with E-state index in [-0.39, 0.29) is 11.3 Å². The van der Waals surface area contributed by atoms with Crippen LogP contribution in [-0.4, -0.2) is 47.6 Å². The second-order valence-electron chi connectivity index (χ2n) is 8.88. The maximum Gasteiger partial charge on any atom is 0.248 e. The van der Waals surface area contributed by atoms with Gasteiger partial charge in [0.25, 0.3) is 0 Å². The van der Waals surface area contributed by atoms with Crippen molar-refractivity contribution in [1.29, 1.82) is 0 Å². The lowest BCUT2D eigenvalue weighted by Gasteiger charge is -2.37. The van der Waals surface area contributed by atoms with Crippen molar-refractivity contribution < 1.29 is 14.8 Å². The van der Waals surface area contributed by atoms with Crippen LogP contribution in [0.15, 0.2) is 0 Å². The third-order valence-corrected chi connectivity index (χ3v) is 7.28. The monoisotopic (exact) mass is 349 g/mol. The van der Waals surface area contributed by atoms with Crippen molar-refractivity contribution in [3.63, 3.8) is 0 Å². The number of nitrogens with one attached hydrogen (secondary N) is 2. The molecule has 6 heteroatoms. The molecule has 3 unspecified atom stereocenters. The Hall–Kier alpha value is -1.14. The zero-order chi connectivity index (χ0) is 17.4. The Morgan fingerprint density at radius 3 is 2.52 bits per heavy atom. The van der Waals surface area contributed by atoms with Gasteiger partial charge in [0.1, 0.15) is 0 Å². The number of hydrogen-bond donors (Lipinski definition) is 3. The molecule has 140 valence electrons. The van der Waals surface area contributed by atoms with Gasteiger partial charge in [-0.25, -0.2) is 5.48 Å². The highest BCUT2D eigenvalue weighted by atomic mass is 16.5. The highest BCUT2D eigenvalue weighted by molar-refractivity contribution is 5.90. The molecule has 6 nitrogen and oxygen atoms in total. The smallest absolute Gasteiger partial charge is 0.248 e. The molecule has 3 atom stereocenters. The molecule has 2 saturated heterocycles. The fraction of sp³-hybridized carbons (Fsp3) is 0.895. The van der Waals surface area contributed by atoms with E-state index in [0.717, 1.165) is 44.8 Å². The fourth-order valence-corrected chi connectivity index (χ4v) is 5.44. The SMILES string of the molecule is O=C(NO)C1CC2(CC2)CNC1C(=O)N1CCC(C2CCCCC2)C1. The van der Waals surface area contributed by atoms with E-state index >= 15 is 0 Å². The molecular weight excluding hydrogens is 318 g/mol. The Morgan fingerprint density at radius 2 is 1.84 bits per heavy atom. The van der Waals surface area contributed by atoms with Crippen LogP contribution in [0.5, 0.6) is 0 Å². The maximum atomic E-state index is 13.1. The molecular formula is C19H31N3O3. The van der Waals surface area contributed by atoms with Crippen molar-refractivity contribution in [3.05, 3.63) is 0 Å². The number of rotatable bonds is 3. The number of carbonyl (C=O) groups excluding carboxylic acids is 2. The molecule has 2 saturated carbocycles. The Morgan fingerprint density at radius 1 is 1.08 bits per heavy atom. The van der Waals surface area contributed by atoms with Gasteiger partial charge in [0.15, 0.2) is 0 Å². The van der Waals surface area contributed by atoms with Crippen LogP contribution < -0.4 is 10.8 Å². The van der Waals surface area contributed by atoms with E-state index in [2.05, 4.69) is 5.32 Å². The second-order valence-corrected chi connectivity index (χ2v) is 8.88. The number of hydrogen-bond acceptors (Lipinski definition) is 4. The van der Waals surface area contributed by atoms with Gasteiger partial charge in [-0.2, -0.15) is 0 Å². The molecule has 1 spiro atoms. The largest absolute Gasteiger partial charge is 0.341 e. The fourth-order valence-electron chi connectivity index (χ4n) is 5.44. The van der Waals surface area contributed by atoms with Crippen molar-refractivity contribution in [3.8, 4) is 0 Å². The molecule has 2 heterocycles. The molecule has 0 aromatic carbocycles. The molecule has 25 heavy (non-hydrogen) atoms. The van der Waals surface area contributed by atoms with Gasteiger partial charge < -0.3 is 10.2 Å². The summed E-state index contributed by atoms with van der Waals surface area (Å²) in [6.07, 6.45) is 10.7. The van der Waals surface area contributed by atoms with Gasteiger partial charge >= 0.3 is 0 Å². The standard InChI is InChI=1S/C19H31N3O3/c23-17(21-25)15-10-19(7-8-19)12-20-16(15)18(24)22-9-6-14(11-22)13-4-2-1-3-5-13/h13-16,20,25H,1-12H2,(H,21,23). The minimum absolute atomic E-state index is 0.0578. The first-order valence-electron chi connectivity index (χ1n) is 10.1. The lowest BCUT2D eigenvalue weighted by molar-refractivity contribution is -0.144. The van der Waals surface area contributed by atoms with Gasteiger partial charge in [0.05, 0.1) is 12.0 Å². The molecule has 0 aromatic rings. The van der Waals surface area contributed by atoms with Crippen molar-refractivity contribution >= 4 is 11.8 Å². The van der Waals surface area contributed by atoms with Gasteiger partial charge in [-0.1, -0.05) is 32.1 Å². The Kier molecular flexibility index (Phi) is 4.75. The topological polar surface area (TPSA) is 81.7 Å². The highest BCUT2D eigenvalue weighted by Gasteiger charge is 2.53. The molecule has 0 aromatic heterocycles. The van der Waals surface area contributed by atoms with Gasteiger partial charge in [-0.15, -0.1) is 0 Å². The van der Waals surface area contributed by atoms with Crippen LogP contribution in [0.4, 0.5) is 0 Å². The van der Waals surface area contributed by atoms with Crippen molar-refractivity contribution in [2.45, 2.75) is 63.8 Å². The van der Waals surface area contributed by atoms with E-state index in [1.54, 1.807) is 5.48 Å². The van der Waals surface area contributed by atoms with E-state index in [1.165, 1.54) is 32.1 Å². The van der Waals surface area contributed by atoms with Crippen molar-refractivity contribution in [2.24, 2.45) is 23.2 Å². The van der Waals surface area contributed by atoms with E-state index in [9.17, 15) is 9.59 Å². The van der Waals surface area contributed by atoms with Gasteiger partial charge in [0.2, 0.25) is 11.8 Å². The molecule has 2 amide bonds. The summed E-state index contributed by atoms with van der Waals surface area (Å²) in [6.45, 7) is 2.48. The van der Waals surface area contributed by atoms with Crippen LogP contribution in [0.3, 0.4) is 0 Å². The van der Waals surface area contributed by atoms with Crippen molar-refractivity contribution in [1.82, 2.24) is 15.7 Å². The first kappa shape index (κ1) is 17.3. The van der Waals surface area contributed by atoms with Crippen LogP contribution in [0.1, 0.15) is 57.8 Å². The number of amides is 2. The molecule has 2 aliphatic heterocycles. The van der Waals surface area contributed by atoms with E-state index < -0.39 is 17.9 Å². The quantitative estimate of drug-likeness (QED) is 0.535. The summed E-state index contributed by atoms with van der Waals surface area (Å²) >= 11 is 0. The lowest BCUT2D eigenvalue weighted by Crippen LogP contribution is -2.58. The van der Waals surface area contributed by atoms with Crippen LogP contribution in [0.25, 0.3) is 0 Å². The predicted octanol–water partition coefficient (Wildman–Crippen LogP) is 1.68. The van der Waals surface area contributed by atoms with Gasteiger partial charge in [-0.05, 0) is 42.9 Å². The van der Waals surface area contributed by atoms with Gasteiger partial charge in [0, 0.05) is 19.6 Å². The van der Waals surface area contributed by atoms with Gasteiger partial charge in [-0.3, -0.25) is 14.8 Å². The molecule has 3 N–H and O–H groups in total. The number of piperidine rings is 1. The normalized spacial score (nSPS) is 34.9. The summed E-state index contributed by atoms with van der Waals surface area (Å²) in [5.41, 5.74) is 1.97. The number of likely N-dealkylation sites (tertiary alicyclic amines) is 1. The summed E-state index contributed by atoms with van der Waals surface area (Å²) in [4.78, 5) is 27.2. The summed E-state index contributed by atoms with van der Waals surface area (Å²) in [5.74, 6) is 0.592. The molecule has 0 radical (unpaired) electrons. The molecule has 4 aliphatic rings. The van der Waals surface area contributed by atoms with E-state index in [1.807, 2.05) is 4.90 Å². The van der Waals surface area contributed by atoms with Crippen LogP contribution >= 0.6 is 0 Å². The second kappa shape index (κ2) is 6.88. The van der Waals surface area contributed by atoms with Crippen LogP contribution in [-0.2, 0) is 9.59 Å². The molecule has 4 rings (SSSR count). The van der Waals surface area contributed by atoms with E-state index in [4.69, 9.17) is 5.21 Å². The summed E-state index contributed by atoms with van der Waals surface area (Å²) < 4.78 is 0. The molecule has 0 bridgehead atoms. The van der Waals surface area contributed by atoms with Crippen molar-refractivity contribution in [2.75, 3.05) is 19.6 Å². The third kappa shape index (κ3) is 3.43. The molecule has 4 fully saturated rings. The Bertz CT molecular complexity index is 528. The number of carbonyl (C=O) groups is 2. The first-order valence-corrected chi connectivity index (χ1v) is 10.1. The Labute approximate surface area is 149 Å². The summed E-state index contributed by atoms with van der Waals surface area (Å²) in [7, 11) is 0. The zero-order valence-electron chi connectivity index (χ0n) is 15.0. The van der Waals surface area contributed by atoms with Crippen LogP contribution in [0.2, 0.25) is 0 Å². The average Bonchev–Trinajstić information content (AvgIpc) is 3.22. The maximum absolute atomic E-state index is 13.1. The average molecular weight is 349 g/mol. The highest BCUT2D eigenvalue weighted by Crippen LogP contribution is 2.52. The Balaban J connectivity index is 1.40. The number of nitrogens with zero attached hydrogens (tertiary/aromatic N) is 1. The predicted molar refractivity (Wildman–Crippen MR) is 92.8 cm³/mol. The zero-order valence-corrected chi connectivity index (χ0v) is 15.0. The number of hydroxylamine groups is 1. The lowest BCUT2D eigenvalue weighted by atomic mass is 9.79. The third-order valence-electron chi connectivity index (χ3n) is 7.28. The first-order chi connectivity index (χ1) is 12.1. The van der Waals surface area contributed by atoms with Crippen LogP contribution in [0, 0.1) is 23.2 Å². The summed E-state index contributed by atoms with van der Waals surface area (Å²) in [5, 5.41) is 12.4. The molecule has 2 aliphatic carbocycles. The minimum atomic E-state index is -0.483. The summed E-state index contributed by atoms with van der Waals surface area (Å²) in [6, 6.07) is -0.483. The van der Waals surface area contributed by atoms with E-state index in [0.29, 0.717) is 12.3 Å². The minimum Gasteiger partial charge on any atom is -0.341 e.